The molecule has 1 aliphatic heterocycles. The van der Waals surface area contributed by atoms with Gasteiger partial charge in [0.1, 0.15) is 6.23 Å². The Morgan fingerprint density at radius 2 is 1.77 bits per heavy atom. The Kier molecular flexibility index (Phi) is 26.5. The average molecular weight is 678 g/mol. The number of rotatable bonds is 7. The molecule has 3 aliphatic rings. The Balaban J connectivity index is 0.000000715. The molecule has 0 bridgehead atoms. The largest absolute Gasteiger partial charge is 0.483 e. The number of benzene rings is 1. The average Bonchev–Trinajstić information content (AvgIpc) is 3.62. The SMILES string of the molecule is CCCCN1C(=O)CCCCCC/C=C\[C@@H]2CC2NOC1C.CN.Cc1ccccc1CN(C)C(=O)O.O=CNC1CCCC1.O=CO. The van der Waals surface area contributed by atoms with Gasteiger partial charge in [0, 0.05) is 38.6 Å². The van der Waals surface area contributed by atoms with Gasteiger partial charge in [-0.05, 0) is 82.9 Å². The summed E-state index contributed by atoms with van der Waals surface area (Å²) in [7, 11) is 3.06. The van der Waals surface area contributed by atoms with Crippen LogP contribution < -0.4 is 16.5 Å². The summed E-state index contributed by atoms with van der Waals surface area (Å²) in [5, 5.41) is 18.3. The molecule has 1 aromatic rings. The second kappa shape index (κ2) is 28.5. The number of unbranched alkanes of at least 4 members (excludes halogenated alkanes) is 1. The van der Waals surface area contributed by atoms with Crippen LogP contribution in [0.2, 0.25) is 0 Å². The van der Waals surface area contributed by atoms with E-state index in [-0.39, 0.29) is 18.6 Å². The fraction of sp³-hybridized carbons (Fsp3) is 0.667. The van der Waals surface area contributed by atoms with Gasteiger partial charge >= 0.3 is 6.09 Å². The van der Waals surface area contributed by atoms with Crippen molar-refractivity contribution in [3.63, 3.8) is 0 Å². The second-order valence-corrected chi connectivity index (χ2v) is 12.1. The Hall–Kier alpha value is -3.48. The minimum atomic E-state index is -0.900. The van der Waals surface area contributed by atoms with E-state index in [0.717, 1.165) is 62.6 Å². The minimum Gasteiger partial charge on any atom is -0.483 e. The molecule has 2 aliphatic carbocycles. The van der Waals surface area contributed by atoms with E-state index in [1.807, 2.05) is 43.0 Å². The number of hydrogen-bond donors (Lipinski definition) is 5. The van der Waals surface area contributed by atoms with Crippen molar-refractivity contribution in [1.29, 1.82) is 0 Å². The molecule has 0 spiro atoms. The van der Waals surface area contributed by atoms with Crippen molar-refractivity contribution in [3.05, 3.63) is 47.5 Å². The number of hydrogen-bond acceptors (Lipinski definition) is 7. The zero-order chi connectivity index (χ0) is 36.2. The van der Waals surface area contributed by atoms with Crippen molar-refractivity contribution in [1.82, 2.24) is 20.6 Å². The van der Waals surface area contributed by atoms with Crippen LogP contribution in [0.4, 0.5) is 4.79 Å². The number of carbonyl (C=O) groups excluding carboxylic acids is 2. The molecular weight excluding hydrogens is 614 g/mol. The van der Waals surface area contributed by atoms with Crippen LogP contribution in [0.3, 0.4) is 0 Å². The summed E-state index contributed by atoms with van der Waals surface area (Å²) in [5.74, 6) is 0.847. The number of nitrogens with zero attached hydrogens (tertiary/aromatic N) is 2. The van der Waals surface area contributed by atoms with Gasteiger partial charge in [-0.3, -0.25) is 19.2 Å². The molecule has 0 saturated heterocycles. The molecule has 1 aromatic carbocycles. The van der Waals surface area contributed by atoms with E-state index in [1.165, 1.54) is 50.5 Å². The van der Waals surface area contributed by atoms with Crippen molar-refractivity contribution >= 4 is 24.9 Å². The first-order chi connectivity index (χ1) is 23.2. The molecule has 2 unspecified atom stereocenters. The molecule has 6 N–H and O–H groups in total. The highest BCUT2D eigenvalue weighted by atomic mass is 16.7. The van der Waals surface area contributed by atoms with Crippen LogP contribution in [0.1, 0.15) is 108 Å². The van der Waals surface area contributed by atoms with Crippen molar-refractivity contribution in [2.24, 2.45) is 11.7 Å². The number of hydroxylamine groups is 1. The number of aryl methyl sites for hydroxylation is 1. The summed E-state index contributed by atoms with van der Waals surface area (Å²) in [5.41, 5.74) is 9.83. The zero-order valence-electron chi connectivity index (χ0n) is 29.9. The lowest BCUT2D eigenvalue weighted by atomic mass is 10.1. The molecule has 1 heterocycles. The fourth-order valence-electron chi connectivity index (χ4n) is 5.26. The maximum Gasteiger partial charge on any atom is 0.407 e. The smallest absolute Gasteiger partial charge is 0.407 e. The standard InChI is InChI=1S/C18H32N2O2.C10H13NO2.C6H11NO.CH5N.CH2O2/c1-3-4-13-20-15(2)22-19-17-14-16(17)11-9-7-5-6-8-10-12-18(20)21;1-8-5-3-4-6-9(8)7-11(2)10(12)13;8-5-7-6-3-1-2-4-6;1-2;2-1-3/h9,11,15-17,19H,3-8,10,12-14H2,1-2H3;3-6H,7H2,1-2H3,(H,12,13);5-6H,1-4H2,(H,7,8);2H2,1H3;1H,(H,2,3)/b11-9-;;;;/t15?,16-,17?;;;;/m1..../s1. The first-order valence-electron chi connectivity index (χ1n) is 17.4. The van der Waals surface area contributed by atoms with Crippen molar-refractivity contribution in [2.75, 3.05) is 20.6 Å². The van der Waals surface area contributed by atoms with Gasteiger partial charge in [0.25, 0.3) is 6.47 Å². The first-order valence-corrected chi connectivity index (χ1v) is 17.4. The molecule has 2 saturated carbocycles. The summed E-state index contributed by atoms with van der Waals surface area (Å²) in [6, 6.07) is 8.69. The lowest BCUT2D eigenvalue weighted by Crippen LogP contribution is -2.43. The van der Waals surface area contributed by atoms with Crippen LogP contribution in [0, 0.1) is 12.8 Å². The molecule has 0 aromatic heterocycles. The van der Waals surface area contributed by atoms with Gasteiger partial charge in [0.2, 0.25) is 12.3 Å². The minimum absolute atomic E-state index is 0.186. The van der Waals surface area contributed by atoms with Crippen LogP contribution in [-0.2, 0) is 25.8 Å². The third-order valence-corrected chi connectivity index (χ3v) is 8.29. The topological polar surface area (TPSA) is 175 Å². The van der Waals surface area contributed by atoms with Crippen molar-refractivity contribution in [2.45, 2.75) is 129 Å². The molecule has 0 radical (unpaired) electrons. The Labute approximate surface area is 288 Å². The van der Waals surface area contributed by atoms with E-state index >= 15 is 0 Å². The second-order valence-electron chi connectivity index (χ2n) is 12.1. The molecule has 12 nitrogen and oxygen atoms in total. The third-order valence-electron chi connectivity index (χ3n) is 8.29. The van der Waals surface area contributed by atoms with E-state index in [9.17, 15) is 14.4 Å². The Morgan fingerprint density at radius 3 is 2.38 bits per heavy atom. The molecular formula is C36H63N5O7. The number of fused-ring (bicyclic) bond motifs is 1. The number of nitrogens with one attached hydrogen (secondary N) is 2. The van der Waals surface area contributed by atoms with Crippen molar-refractivity contribution in [3.8, 4) is 0 Å². The maximum absolute atomic E-state index is 12.5. The van der Waals surface area contributed by atoms with Crippen LogP contribution in [0.15, 0.2) is 36.4 Å². The lowest BCUT2D eigenvalue weighted by Gasteiger charge is -2.29. The highest BCUT2D eigenvalue weighted by Gasteiger charge is 2.36. The number of carboxylic acid groups (broad SMARTS) is 2. The molecule has 12 heteroatoms. The fourth-order valence-corrected chi connectivity index (χ4v) is 5.26. The maximum atomic E-state index is 12.5. The van der Waals surface area contributed by atoms with Gasteiger partial charge in [-0.25, -0.2) is 4.79 Å². The first kappa shape index (κ1) is 44.5. The van der Waals surface area contributed by atoms with Crippen LogP contribution in [-0.4, -0.2) is 83.8 Å². The lowest BCUT2D eigenvalue weighted by molar-refractivity contribution is -0.154. The zero-order valence-corrected chi connectivity index (χ0v) is 29.9. The van der Waals surface area contributed by atoms with E-state index in [0.29, 0.717) is 31.0 Å². The predicted molar refractivity (Wildman–Crippen MR) is 190 cm³/mol. The number of amides is 3. The molecule has 2 fully saturated rings. The normalized spacial score (nSPS) is 21.5. The third kappa shape index (κ3) is 20.7. The summed E-state index contributed by atoms with van der Waals surface area (Å²) in [4.78, 5) is 50.2. The quantitative estimate of drug-likeness (QED) is 0.176. The summed E-state index contributed by atoms with van der Waals surface area (Å²) in [6.45, 7) is 7.11. The summed E-state index contributed by atoms with van der Waals surface area (Å²) in [6.07, 6.45) is 19.0. The molecule has 274 valence electrons. The van der Waals surface area contributed by atoms with Crippen LogP contribution >= 0.6 is 0 Å². The van der Waals surface area contributed by atoms with Gasteiger partial charge in [-0.2, -0.15) is 5.48 Å². The summed E-state index contributed by atoms with van der Waals surface area (Å²) >= 11 is 0. The number of allylic oxidation sites excluding steroid dienone is 1. The summed E-state index contributed by atoms with van der Waals surface area (Å²) < 4.78 is 0. The number of nitrogens with two attached hydrogens (primary N) is 1. The molecule has 4 rings (SSSR count). The Bertz CT molecular complexity index is 1040. The van der Waals surface area contributed by atoms with Crippen molar-refractivity contribution < 1.29 is 34.2 Å². The van der Waals surface area contributed by atoms with Gasteiger partial charge in [0.15, 0.2) is 0 Å². The van der Waals surface area contributed by atoms with E-state index < -0.39 is 6.09 Å². The predicted octanol–water partition coefficient (Wildman–Crippen LogP) is 5.84. The van der Waals surface area contributed by atoms with E-state index in [4.69, 9.17) is 19.8 Å². The van der Waals surface area contributed by atoms with Gasteiger partial charge < -0.3 is 31.1 Å². The van der Waals surface area contributed by atoms with Gasteiger partial charge in [-0.15, -0.1) is 0 Å². The van der Waals surface area contributed by atoms with E-state index in [2.05, 4.69) is 35.6 Å². The monoisotopic (exact) mass is 677 g/mol. The highest BCUT2D eigenvalue weighted by molar-refractivity contribution is 5.76. The van der Waals surface area contributed by atoms with Gasteiger partial charge in [-0.1, -0.05) is 75.4 Å². The van der Waals surface area contributed by atoms with Crippen LogP contribution in [0.5, 0.6) is 0 Å². The van der Waals surface area contributed by atoms with E-state index in [1.54, 1.807) is 7.05 Å². The van der Waals surface area contributed by atoms with Gasteiger partial charge in [0.05, 0.1) is 0 Å². The molecule has 3 atom stereocenters. The highest BCUT2D eigenvalue weighted by Crippen LogP contribution is 2.32. The Morgan fingerprint density at radius 1 is 1.12 bits per heavy atom. The van der Waals surface area contributed by atoms with Crippen LogP contribution in [0.25, 0.3) is 0 Å². The molecule has 48 heavy (non-hydrogen) atoms. The molecule has 3 amide bonds. The number of carbonyl (C=O) groups is 4.